The second-order valence-corrected chi connectivity index (χ2v) is 5.52. The second kappa shape index (κ2) is 6.78. The van der Waals surface area contributed by atoms with Crippen molar-refractivity contribution in [3.8, 4) is 0 Å². The predicted molar refractivity (Wildman–Crippen MR) is 88.1 cm³/mol. The molecule has 2 rings (SSSR count). The summed E-state index contributed by atoms with van der Waals surface area (Å²) in [6, 6.07) is 12.0. The first kappa shape index (κ1) is 18.2. The van der Waals surface area contributed by atoms with E-state index in [2.05, 4.69) is 0 Å². The summed E-state index contributed by atoms with van der Waals surface area (Å²) in [4.78, 5) is 9.96. The van der Waals surface area contributed by atoms with Gasteiger partial charge in [0.05, 0.1) is 0 Å². The summed E-state index contributed by atoms with van der Waals surface area (Å²) in [7, 11) is 0. The fourth-order valence-electron chi connectivity index (χ4n) is 2.23. The van der Waals surface area contributed by atoms with Gasteiger partial charge in [-0.15, -0.1) is 0 Å². The number of hydroxylamine groups is 4. The first-order valence-corrected chi connectivity index (χ1v) is 7.64. The van der Waals surface area contributed by atoms with Crippen molar-refractivity contribution >= 4 is 17.2 Å². The molecule has 0 aliphatic carbocycles. The van der Waals surface area contributed by atoms with E-state index in [1.165, 1.54) is 48.5 Å². The standard InChI is InChI=1S/C17H22N2O5/c1-3-18(21,22)15-9-5-13(6-10-15)17(20)14-7-11-16(12-8-14)19(23,24)4-2/h5-12,21-24H,3-4H2,1-2H3/q+2. The molecule has 0 spiro atoms. The zero-order valence-electron chi connectivity index (χ0n) is 13.6. The van der Waals surface area contributed by atoms with E-state index in [0.29, 0.717) is 11.1 Å². The third-order valence-electron chi connectivity index (χ3n) is 3.97. The lowest BCUT2D eigenvalue weighted by Gasteiger charge is -2.19. The topological polar surface area (TPSA) is 98.0 Å². The summed E-state index contributed by atoms with van der Waals surface area (Å²) in [5.74, 6) is -0.246. The van der Waals surface area contributed by atoms with Gasteiger partial charge in [0.2, 0.25) is 0 Å². The van der Waals surface area contributed by atoms with Crippen molar-refractivity contribution in [2.24, 2.45) is 0 Å². The van der Waals surface area contributed by atoms with Gasteiger partial charge in [-0.25, -0.2) is 0 Å². The molecule has 4 N–H and O–H groups in total. The quantitative estimate of drug-likeness (QED) is 0.370. The van der Waals surface area contributed by atoms with Gasteiger partial charge in [-0.05, 0) is 47.7 Å². The molecule has 0 aliphatic heterocycles. The van der Waals surface area contributed by atoms with Crippen LogP contribution in [0.25, 0.3) is 0 Å². The predicted octanol–water partition coefficient (Wildman–Crippen LogP) is 3.13. The molecule has 0 saturated heterocycles. The van der Waals surface area contributed by atoms with Gasteiger partial charge in [0, 0.05) is 35.4 Å². The summed E-state index contributed by atoms with van der Waals surface area (Å²) >= 11 is 0. The van der Waals surface area contributed by atoms with E-state index in [0.717, 1.165) is 0 Å². The Morgan fingerprint density at radius 3 is 1.25 bits per heavy atom. The monoisotopic (exact) mass is 334 g/mol. The average molecular weight is 334 g/mol. The normalized spacial score (nSPS) is 12.2. The maximum atomic E-state index is 12.4. The van der Waals surface area contributed by atoms with Crippen molar-refractivity contribution in [1.82, 2.24) is 9.62 Å². The average Bonchev–Trinajstić information content (AvgIpc) is 2.61. The highest BCUT2D eigenvalue weighted by molar-refractivity contribution is 6.09. The van der Waals surface area contributed by atoms with Crippen LogP contribution in [0.1, 0.15) is 29.8 Å². The van der Waals surface area contributed by atoms with Crippen molar-refractivity contribution in [2.75, 3.05) is 13.1 Å². The highest BCUT2D eigenvalue weighted by Crippen LogP contribution is 2.22. The molecule has 0 saturated carbocycles. The highest BCUT2D eigenvalue weighted by atomic mass is 16.8. The molecular formula is C17H22N2O5+2. The number of quaternary nitrogens is 2. The van der Waals surface area contributed by atoms with Crippen LogP contribution in [-0.2, 0) is 0 Å². The van der Waals surface area contributed by atoms with Gasteiger partial charge in [-0.3, -0.25) is 4.79 Å². The summed E-state index contributed by atoms with van der Waals surface area (Å²) in [6.45, 7) is 3.40. The maximum Gasteiger partial charge on any atom is 0.199 e. The minimum absolute atomic E-state index is 0.0779. The molecular weight excluding hydrogens is 312 g/mol. The van der Waals surface area contributed by atoms with Crippen LogP contribution in [0.2, 0.25) is 0 Å². The minimum atomic E-state index is -1.24. The third-order valence-corrected chi connectivity index (χ3v) is 3.97. The maximum absolute atomic E-state index is 12.4. The smallest absolute Gasteiger partial charge is 0.199 e. The van der Waals surface area contributed by atoms with Crippen LogP contribution in [0, 0.1) is 0 Å². The number of benzene rings is 2. The molecule has 0 radical (unpaired) electrons. The fraction of sp³-hybridized carbons (Fsp3) is 0.235. The van der Waals surface area contributed by atoms with Crippen molar-refractivity contribution in [1.29, 1.82) is 0 Å². The van der Waals surface area contributed by atoms with E-state index < -0.39 is 9.62 Å². The highest BCUT2D eigenvalue weighted by Gasteiger charge is 2.25. The van der Waals surface area contributed by atoms with Crippen molar-refractivity contribution in [3.63, 3.8) is 0 Å². The molecule has 0 atom stereocenters. The fourth-order valence-corrected chi connectivity index (χ4v) is 2.23. The summed E-state index contributed by atoms with van der Waals surface area (Å²) < 4.78 is 0. The SMILES string of the molecule is CC[N+](O)(O)c1ccc(C(=O)c2ccc([N+](O)(O)CC)cc2)cc1. The Hall–Kier alpha value is -2.13. The Labute approximate surface area is 139 Å². The molecule has 0 amide bonds. The number of ketones is 1. The first-order valence-electron chi connectivity index (χ1n) is 7.64. The van der Waals surface area contributed by atoms with Crippen LogP contribution >= 0.6 is 0 Å². The van der Waals surface area contributed by atoms with Gasteiger partial charge in [0.15, 0.2) is 17.2 Å². The molecule has 0 bridgehead atoms. The molecule has 128 valence electrons. The Bertz CT molecular complexity index is 647. The van der Waals surface area contributed by atoms with Gasteiger partial charge in [0.25, 0.3) is 0 Å². The number of hydrogen-bond acceptors (Lipinski definition) is 5. The molecule has 0 fully saturated rings. The van der Waals surface area contributed by atoms with Crippen molar-refractivity contribution < 1.29 is 25.6 Å². The summed E-state index contributed by atoms with van der Waals surface area (Å²) in [5.41, 5.74) is 1.31. The van der Waals surface area contributed by atoms with E-state index in [1.807, 2.05) is 0 Å². The van der Waals surface area contributed by atoms with Crippen LogP contribution in [0.4, 0.5) is 11.4 Å². The molecule has 0 aliphatic rings. The summed E-state index contributed by atoms with van der Waals surface area (Å²) in [6.07, 6.45) is 0. The number of hydrogen-bond donors (Lipinski definition) is 4. The molecule has 0 heterocycles. The molecule has 0 aromatic heterocycles. The largest absolute Gasteiger partial charge is 0.289 e. The van der Waals surface area contributed by atoms with E-state index in [4.69, 9.17) is 0 Å². The lowest BCUT2D eigenvalue weighted by Crippen LogP contribution is -2.41. The van der Waals surface area contributed by atoms with Gasteiger partial charge < -0.3 is 0 Å². The molecule has 24 heavy (non-hydrogen) atoms. The van der Waals surface area contributed by atoms with Crippen molar-refractivity contribution in [2.45, 2.75) is 13.8 Å². The number of carbonyl (C=O) groups is 1. The Morgan fingerprint density at radius 1 is 0.708 bits per heavy atom. The Kier molecular flexibility index (Phi) is 5.14. The molecule has 2 aromatic carbocycles. The molecule has 7 heteroatoms. The number of nitrogens with zero attached hydrogens (tertiary/aromatic N) is 2. The zero-order valence-corrected chi connectivity index (χ0v) is 13.6. The van der Waals surface area contributed by atoms with Crippen LogP contribution in [0.5, 0.6) is 0 Å². The van der Waals surface area contributed by atoms with Gasteiger partial charge in [-0.2, -0.15) is 20.8 Å². The Balaban J connectivity index is 2.23. The van der Waals surface area contributed by atoms with Crippen LogP contribution in [0.3, 0.4) is 0 Å². The van der Waals surface area contributed by atoms with Gasteiger partial charge in [0.1, 0.15) is 13.1 Å². The van der Waals surface area contributed by atoms with Gasteiger partial charge in [-0.1, -0.05) is 0 Å². The third kappa shape index (κ3) is 3.68. The van der Waals surface area contributed by atoms with E-state index in [9.17, 15) is 25.6 Å². The van der Waals surface area contributed by atoms with E-state index in [1.54, 1.807) is 13.8 Å². The molecule has 0 unspecified atom stereocenters. The van der Waals surface area contributed by atoms with E-state index >= 15 is 0 Å². The number of rotatable bonds is 6. The Morgan fingerprint density at radius 2 is 1.00 bits per heavy atom. The number of carbonyl (C=O) groups excluding carboxylic acids is 1. The minimum Gasteiger partial charge on any atom is -0.289 e. The molecule has 2 aromatic rings. The molecule has 7 nitrogen and oxygen atoms in total. The van der Waals surface area contributed by atoms with Gasteiger partial charge >= 0.3 is 0 Å². The van der Waals surface area contributed by atoms with Crippen LogP contribution in [0.15, 0.2) is 48.5 Å². The zero-order chi connectivity index (χ0) is 18.0. The lowest BCUT2D eigenvalue weighted by atomic mass is 10.0. The van der Waals surface area contributed by atoms with Crippen LogP contribution in [-0.4, -0.2) is 39.7 Å². The lowest BCUT2D eigenvalue weighted by molar-refractivity contribution is -0.288. The van der Waals surface area contributed by atoms with E-state index in [-0.39, 0.29) is 30.2 Å². The summed E-state index contributed by atoms with van der Waals surface area (Å²) in [5, 5.41) is 38.9. The van der Waals surface area contributed by atoms with Crippen LogP contribution < -0.4 is 9.62 Å². The van der Waals surface area contributed by atoms with Crippen molar-refractivity contribution in [3.05, 3.63) is 59.7 Å². The first-order chi connectivity index (χ1) is 11.2. The second-order valence-electron chi connectivity index (χ2n) is 5.52.